The van der Waals surface area contributed by atoms with Crippen molar-refractivity contribution in [3.63, 3.8) is 0 Å². The Kier molecular flexibility index (Phi) is 17.0. The molecule has 0 saturated carbocycles. The average molecular weight is 1660 g/mol. The minimum atomic E-state index is -0.651. The number of fused-ring (bicyclic) bond motifs is 30. The van der Waals surface area contributed by atoms with E-state index in [1.165, 1.54) is 94.6 Å². The lowest BCUT2D eigenvalue weighted by Crippen LogP contribution is -2.29. The number of para-hydroxylation sites is 4. The fourth-order valence-electron chi connectivity index (χ4n) is 21.7. The van der Waals surface area contributed by atoms with Crippen molar-refractivity contribution >= 4 is 43.9 Å². The zero-order chi connectivity index (χ0) is 85.5. The van der Waals surface area contributed by atoms with Gasteiger partial charge in [-0.3, -0.25) is 0 Å². The van der Waals surface area contributed by atoms with Gasteiger partial charge < -0.3 is 8.83 Å². The minimum Gasteiger partial charge on any atom is -0.455 e. The van der Waals surface area contributed by atoms with Gasteiger partial charge in [-0.15, -0.1) is 0 Å². The Morgan fingerprint density at radius 1 is 0.146 bits per heavy atom. The number of furan rings is 2. The number of hydrogen-bond donors (Lipinski definition) is 0. The minimum absolute atomic E-state index is 0.542. The van der Waals surface area contributed by atoms with Gasteiger partial charge in [0.2, 0.25) is 0 Å². The zero-order valence-electron chi connectivity index (χ0n) is 70.2. The highest BCUT2D eigenvalue weighted by atomic mass is 16.3. The summed E-state index contributed by atoms with van der Waals surface area (Å²) in [6.07, 6.45) is 0. The predicted molar refractivity (Wildman–Crippen MR) is 527 cm³/mol. The van der Waals surface area contributed by atoms with Crippen LogP contribution < -0.4 is 0 Å². The molecule has 23 aromatic rings. The van der Waals surface area contributed by atoms with Crippen LogP contribution in [0.2, 0.25) is 0 Å². The van der Waals surface area contributed by atoms with Crippen LogP contribution in [0.5, 0.6) is 0 Å². The molecule has 4 aliphatic carbocycles. The molecule has 2 spiro atoms. The molecule has 8 heteroatoms. The second kappa shape index (κ2) is 29.7. The number of benzene rings is 19. The molecule has 0 amide bonds. The first-order valence-electron chi connectivity index (χ1n) is 44.3. The van der Waals surface area contributed by atoms with E-state index >= 15 is 0 Å². The van der Waals surface area contributed by atoms with Crippen molar-refractivity contribution in [3.8, 4) is 168 Å². The molecule has 0 atom stereocenters. The van der Waals surface area contributed by atoms with Crippen molar-refractivity contribution in [3.05, 3.63) is 493 Å². The van der Waals surface area contributed by atoms with Crippen molar-refractivity contribution in [2.75, 3.05) is 0 Å². The van der Waals surface area contributed by atoms with E-state index in [9.17, 15) is 0 Å². The molecule has 8 nitrogen and oxygen atoms in total. The summed E-state index contributed by atoms with van der Waals surface area (Å²) < 4.78 is 13.3. The molecule has 19 aromatic carbocycles. The van der Waals surface area contributed by atoms with Crippen LogP contribution >= 0.6 is 0 Å². The molecule has 0 radical (unpaired) electrons. The first kappa shape index (κ1) is 74.2. The second-order valence-corrected chi connectivity index (χ2v) is 34.0. The summed E-state index contributed by atoms with van der Waals surface area (Å²) in [5.41, 5.74) is 38.2. The summed E-state index contributed by atoms with van der Waals surface area (Å²) in [7, 11) is 0. The van der Waals surface area contributed by atoms with Crippen LogP contribution in [0.3, 0.4) is 0 Å². The third kappa shape index (κ3) is 11.4. The maximum absolute atomic E-state index is 6.68. The normalized spacial score (nSPS) is 12.9. The zero-order valence-corrected chi connectivity index (χ0v) is 70.2. The fraction of sp³-hybridized carbons (Fsp3) is 0.0164. The van der Waals surface area contributed by atoms with E-state index < -0.39 is 10.8 Å². The predicted octanol–water partition coefficient (Wildman–Crippen LogP) is 30.6. The van der Waals surface area contributed by atoms with Crippen molar-refractivity contribution in [2.45, 2.75) is 10.8 Å². The van der Waals surface area contributed by atoms with E-state index in [0.29, 0.717) is 34.9 Å². The largest absolute Gasteiger partial charge is 0.455 e. The smallest absolute Gasteiger partial charge is 0.167 e. The molecule has 0 fully saturated rings. The average Bonchev–Trinajstić information content (AvgIpc) is 1.52. The SMILES string of the molecule is c1ccc(-c2cc(-c3ccccc3)cc(-c3nc(-c4cccc5c4-c4ccccc4C54c5ccccc5-c5ccccc5-c5ccccc54)nc(-c4cccc5c4oc4ccccc45)n3)c2)cc1.c1ccc(-c2ccc(-c3nc(-c4cccc5c4-c4ccccc4C54c5ccccc5-c5ccccc5-c5ccccc54)nc(-c4cccc5c4oc4ccccc45)n3)cc2)cc1. The summed E-state index contributed by atoms with van der Waals surface area (Å²) in [5.74, 6) is 3.46. The van der Waals surface area contributed by atoms with Crippen LogP contribution in [-0.2, 0) is 10.8 Å². The first-order chi connectivity index (χ1) is 64.5. The van der Waals surface area contributed by atoms with Crippen LogP contribution in [0.4, 0.5) is 0 Å². The van der Waals surface area contributed by atoms with Crippen LogP contribution in [0.15, 0.2) is 458 Å². The van der Waals surface area contributed by atoms with E-state index in [1.807, 2.05) is 36.4 Å². The lowest BCUT2D eigenvalue weighted by Gasteiger charge is -2.35. The maximum atomic E-state index is 6.68. The molecule has 0 aliphatic heterocycles. The molecule has 130 heavy (non-hydrogen) atoms. The Hall–Kier alpha value is -17.2. The first-order valence-corrected chi connectivity index (χ1v) is 44.3. The maximum Gasteiger partial charge on any atom is 0.167 e. The van der Waals surface area contributed by atoms with E-state index in [4.69, 9.17) is 38.7 Å². The summed E-state index contributed by atoms with van der Waals surface area (Å²) in [5, 5.41) is 4.15. The third-order valence-electron chi connectivity index (χ3n) is 27.2. The van der Waals surface area contributed by atoms with Gasteiger partial charge in [-0.05, 0) is 187 Å². The van der Waals surface area contributed by atoms with Crippen molar-refractivity contribution < 1.29 is 8.83 Å². The van der Waals surface area contributed by atoms with Gasteiger partial charge in [0.1, 0.15) is 22.3 Å². The molecule has 0 N–H and O–H groups in total. The lowest BCUT2D eigenvalue weighted by molar-refractivity contribution is 0.669. The van der Waals surface area contributed by atoms with Crippen molar-refractivity contribution in [1.82, 2.24) is 29.9 Å². The van der Waals surface area contributed by atoms with Crippen molar-refractivity contribution in [2.24, 2.45) is 0 Å². The van der Waals surface area contributed by atoms with Crippen LogP contribution in [0.25, 0.3) is 212 Å². The molecule has 0 unspecified atom stereocenters. The van der Waals surface area contributed by atoms with Gasteiger partial charge in [0.25, 0.3) is 0 Å². The topological polar surface area (TPSA) is 104 Å². The van der Waals surface area contributed by atoms with Gasteiger partial charge in [-0.2, -0.15) is 0 Å². The van der Waals surface area contributed by atoms with Crippen LogP contribution in [-0.4, -0.2) is 29.9 Å². The lowest BCUT2D eigenvalue weighted by atomic mass is 9.66. The summed E-state index contributed by atoms with van der Waals surface area (Å²) in [6, 6.07) is 161. The second-order valence-electron chi connectivity index (χ2n) is 34.0. The van der Waals surface area contributed by atoms with E-state index in [1.54, 1.807) is 0 Å². The Labute approximate surface area is 750 Å². The van der Waals surface area contributed by atoms with Gasteiger partial charge in [0, 0.05) is 43.8 Å². The molecule has 4 heterocycles. The van der Waals surface area contributed by atoms with E-state index in [2.05, 4.69) is 413 Å². The fourth-order valence-corrected chi connectivity index (χ4v) is 21.7. The number of rotatable bonds is 9. The number of nitrogens with zero attached hydrogens (tertiary/aromatic N) is 6. The Balaban J connectivity index is 0.000000137. The molecule has 4 aromatic heterocycles. The third-order valence-corrected chi connectivity index (χ3v) is 27.2. The summed E-state index contributed by atoms with van der Waals surface area (Å²) >= 11 is 0. The highest BCUT2D eigenvalue weighted by Gasteiger charge is 2.53. The van der Waals surface area contributed by atoms with E-state index in [-0.39, 0.29) is 0 Å². The van der Waals surface area contributed by atoms with Gasteiger partial charge >= 0.3 is 0 Å². The van der Waals surface area contributed by atoms with Gasteiger partial charge in [-0.25, -0.2) is 29.9 Å². The van der Waals surface area contributed by atoms with Gasteiger partial charge in [0.15, 0.2) is 34.9 Å². The van der Waals surface area contributed by atoms with Crippen LogP contribution in [0, 0.1) is 0 Å². The highest BCUT2D eigenvalue weighted by molar-refractivity contribution is 6.11. The number of hydrogen-bond acceptors (Lipinski definition) is 8. The van der Waals surface area contributed by atoms with Crippen LogP contribution in [0.1, 0.15) is 44.5 Å². The quantitative estimate of drug-likeness (QED) is 0.141. The summed E-state index contributed by atoms with van der Waals surface area (Å²) in [6.45, 7) is 0. The Morgan fingerprint density at radius 3 is 0.769 bits per heavy atom. The molecule has 604 valence electrons. The number of aromatic nitrogens is 6. The molecular formula is C122H74N6O2. The Morgan fingerprint density at radius 2 is 0.385 bits per heavy atom. The molecule has 27 rings (SSSR count). The monoisotopic (exact) mass is 1650 g/mol. The standard InChI is InChI=1S/C64H39N3O.C58H35N3O/c1-3-19-40(20-4-1)42-37-43(41-21-5-2-6-22-41)39-44(38-42)61-65-62(67-63(66-61)53-31-17-29-50-49-27-12-16-36-58(49)68-60(50)53)52-30-18-35-57-59(52)51-28-11-15-34-56(51)64(57)54-32-13-9-25-47(54)45-23-7-8-24-46(45)48-26-10-14-33-55(48)64;1-2-16-36(17-3-1)37-32-34-38(35-33-37)55-59-56(61-57(60-55)47-26-14-24-44-43-22-9-13-31-52(43)62-54(44)47)46-25-15-30-51-53(46)45-23-8-12-29-50(45)58(51)48-27-10-6-20-41(48)39-18-4-5-19-40(39)42-21-7-11-28-49(42)58/h1-39H;1-35H. The van der Waals surface area contributed by atoms with Gasteiger partial charge in [-0.1, -0.05) is 406 Å². The highest BCUT2D eigenvalue weighted by Crippen LogP contribution is 2.65. The van der Waals surface area contributed by atoms with Crippen molar-refractivity contribution in [1.29, 1.82) is 0 Å². The Bertz CT molecular complexity index is 8370. The van der Waals surface area contributed by atoms with E-state index in [0.717, 1.165) is 127 Å². The molecule has 0 bridgehead atoms. The molecule has 4 aliphatic rings. The molecule has 0 saturated heterocycles. The molecular weight excluding hydrogens is 1580 g/mol. The van der Waals surface area contributed by atoms with Gasteiger partial charge in [0.05, 0.1) is 22.0 Å². The summed E-state index contributed by atoms with van der Waals surface area (Å²) in [4.78, 5) is 32.6.